The van der Waals surface area contributed by atoms with Crippen molar-refractivity contribution < 1.29 is 14.6 Å². The number of hydrogen-bond acceptors (Lipinski definition) is 6. The number of aliphatic hydroxyl groups excluding tert-OH is 1. The summed E-state index contributed by atoms with van der Waals surface area (Å²) >= 11 is 0. The number of rotatable bonds is 11. The number of likely N-dealkylation sites (N-methyl/N-ethyl adjacent to an activating group) is 1. The molecule has 0 radical (unpaired) electrons. The van der Waals surface area contributed by atoms with Crippen LogP contribution in [0.4, 0.5) is 0 Å². The molecule has 1 aliphatic rings. The highest BCUT2D eigenvalue weighted by molar-refractivity contribution is 5.94. The number of ether oxygens (including phenoxy) is 1. The molecule has 2 N–H and O–H groups in total. The molecule has 1 amide bonds. The zero-order valence-corrected chi connectivity index (χ0v) is 20.0. The van der Waals surface area contributed by atoms with E-state index < -0.39 is 6.10 Å². The molecule has 2 aromatic rings. The van der Waals surface area contributed by atoms with Crippen LogP contribution in [0.3, 0.4) is 0 Å². The van der Waals surface area contributed by atoms with Gasteiger partial charge in [-0.2, -0.15) is 10.2 Å². The summed E-state index contributed by atoms with van der Waals surface area (Å²) in [6.45, 7) is 5.26. The molecule has 7 nitrogen and oxygen atoms in total. The zero-order valence-electron chi connectivity index (χ0n) is 20.0. The lowest BCUT2D eigenvalue weighted by Gasteiger charge is -2.24. The normalized spacial score (nSPS) is 21.7. The second-order valence-electron chi connectivity index (χ2n) is 8.70. The van der Waals surface area contributed by atoms with Gasteiger partial charge in [-0.3, -0.25) is 4.79 Å². The Bertz CT molecular complexity index is 904. The van der Waals surface area contributed by atoms with Crippen LogP contribution in [0.25, 0.3) is 0 Å². The fourth-order valence-electron chi connectivity index (χ4n) is 4.30. The Labute approximate surface area is 196 Å². The average Bonchev–Trinajstić information content (AvgIpc) is 3.20. The Hall–Kier alpha value is -2.61. The minimum Gasteiger partial charge on any atom is -0.387 e. The number of nitrogens with zero attached hydrogens (tertiary/aromatic N) is 3. The van der Waals surface area contributed by atoms with Crippen molar-refractivity contribution in [2.75, 3.05) is 27.2 Å². The molecular formula is C26H36N4O3. The zero-order chi connectivity index (χ0) is 23.8. The van der Waals surface area contributed by atoms with Crippen LogP contribution in [0.15, 0.2) is 64.8 Å². The summed E-state index contributed by atoms with van der Waals surface area (Å²) in [5.41, 5.74) is 2.72. The predicted molar refractivity (Wildman–Crippen MR) is 129 cm³/mol. The van der Waals surface area contributed by atoms with Crippen molar-refractivity contribution in [3.05, 3.63) is 71.3 Å². The van der Waals surface area contributed by atoms with Gasteiger partial charge >= 0.3 is 0 Å². The third kappa shape index (κ3) is 6.47. The minimum atomic E-state index is -0.535. The number of benzene rings is 2. The fraction of sp³-hybridized carbons (Fsp3) is 0.500. The van der Waals surface area contributed by atoms with Crippen molar-refractivity contribution in [2.24, 2.45) is 10.2 Å². The smallest absolute Gasteiger partial charge is 0.253 e. The summed E-state index contributed by atoms with van der Waals surface area (Å²) in [4.78, 5) is 14.5. The number of aliphatic hydroxyl groups is 1. The quantitative estimate of drug-likeness (QED) is 0.545. The topological polar surface area (TPSA) is 86.5 Å². The van der Waals surface area contributed by atoms with Crippen molar-refractivity contribution >= 4 is 5.91 Å². The predicted octanol–water partition coefficient (Wildman–Crippen LogP) is 3.64. The summed E-state index contributed by atoms with van der Waals surface area (Å²) in [7, 11) is 3.44. The summed E-state index contributed by atoms with van der Waals surface area (Å²) in [6.07, 6.45) is 1.02. The molecule has 5 atom stereocenters. The fourth-order valence-corrected chi connectivity index (χ4v) is 4.30. The van der Waals surface area contributed by atoms with Crippen LogP contribution in [0, 0.1) is 0 Å². The van der Waals surface area contributed by atoms with E-state index in [9.17, 15) is 9.90 Å². The van der Waals surface area contributed by atoms with Gasteiger partial charge < -0.3 is 20.1 Å². The third-order valence-corrected chi connectivity index (χ3v) is 6.31. The maximum absolute atomic E-state index is 12.8. The van der Waals surface area contributed by atoms with Gasteiger partial charge in [0.25, 0.3) is 5.91 Å². The molecule has 178 valence electrons. The van der Waals surface area contributed by atoms with Crippen molar-refractivity contribution in [1.29, 1.82) is 0 Å². The van der Waals surface area contributed by atoms with E-state index in [1.54, 1.807) is 19.1 Å². The Morgan fingerprint density at radius 2 is 1.85 bits per heavy atom. The van der Waals surface area contributed by atoms with Gasteiger partial charge in [0, 0.05) is 32.3 Å². The molecule has 0 saturated carbocycles. The molecule has 1 heterocycles. The van der Waals surface area contributed by atoms with Crippen LogP contribution in [0.5, 0.6) is 0 Å². The van der Waals surface area contributed by atoms with Gasteiger partial charge in [-0.15, -0.1) is 0 Å². The molecular weight excluding hydrogens is 416 g/mol. The lowest BCUT2D eigenvalue weighted by atomic mass is 10.00. The summed E-state index contributed by atoms with van der Waals surface area (Å²) in [5.74, 6) is -0.0405. The third-order valence-electron chi connectivity index (χ3n) is 6.31. The molecule has 0 aromatic heterocycles. The number of carbonyl (C=O) groups excluding carboxylic acids is 1. The van der Waals surface area contributed by atoms with Crippen LogP contribution < -0.4 is 5.32 Å². The summed E-state index contributed by atoms with van der Waals surface area (Å²) < 4.78 is 5.49. The van der Waals surface area contributed by atoms with E-state index in [1.165, 1.54) is 0 Å². The van der Waals surface area contributed by atoms with E-state index in [1.807, 2.05) is 61.5 Å². The SMILES string of the molecule is CCC(NCCc1ccc(C(=O)N(C)CC2N=NC(C)C2OC)cc1)C(O)c1ccccc1. The first-order valence-electron chi connectivity index (χ1n) is 11.7. The number of amides is 1. The van der Waals surface area contributed by atoms with Gasteiger partial charge in [0.2, 0.25) is 0 Å². The van der Waals surface area contributed by atoms with Gasteiger partial charge in [0.15, 0.2) is 0 Å². The van der Waals surface area contributed by atoms with Gasteiger partial charge in [-0.1, -0.05) is 49.4 Å². The largest absolute Gasteiger partial charge is 0.387 e. The van der Waals surface area contributed by atoms with E-state index in [2.05, 4.69) is 22.5 Å². The van der Waals surface area contributed by atoms with Gasteiger partial charge in [-0.25, -0.2) is 0 Å². The van der Waals surface area contributed by atoms with Crippen LogP contribution in [-0.4, -0.2) is 67.4 Å². The monoisotopic (exact) mass is 452 g/mol. The standard InChI is InChI=1S/C26H36N4O3/c1-5-22(24(31)20-9-7-6-8-10-20)27-16-15-19-11-13-21(14-12-19)26(32)30(3)17-23-25(33-4)18(2)28-29-23/h6-14,18,22-25,27,31H,5,15-17H2,1-4H3. The molecule has 7 heteroatoms. The highest BCUT2D eigenvalue weighted by Crippen LogP contribution is 2.21. The molecule has 3 rings (SSSR count). The summed E-state index contributed by atoms with van der Waals surface area (Å²) in [5, 5.41) is 22.6. The average molecular weight is 453 g/mol. The van der Waals surface area contributed by atoms with E-state index in [0.29, 0.717) is 12.1 Å². The van der Waals surface area contributed by atoms with Crippen molar-refractivity contribution in [2.45, 2.75) is 57.0 Å². The second kappa shape index (κ2) is 12.0. The van der Waals surface area contributed by atoms with E-state index >= 15 is 0 Å². The van der Waals surface area contributed by atoms with Crippen LogP contribution in [0.2, 0.25) is 0 Å². The molecule has 0 aliphatic carbocycles. The van der Waals surface area contributed by atoms with Crippen LogP contribution in [0.1, 0.15) is 47.9 Å². The minimum absolute atomic E-state index is 0.00622. The van der Waals surface area contributed by atoms with Crippen LogP contribution in [-0.2, 0) is 11.2 Å². The van der Waals surface area contributed by atoms with Gasteiger partial charge in [0.05, 0.1) is 12.1 Å². The number of azo groups is 1. The Balaban J connectivity index is 1.49. The van der Waals surface area contributed by atoms with Crippen molar-refractivity contribution in [3.63, 3.8) is 0 Å². The van der Waals surface area contributed by atoms with Gasteiger partial charge in [-0.05, 0) is 49.6 Å². The maximum Gasteiger partial charge on any atom is 0.253 e. The number of carbonyl (C=O) groups is 1. The highest BCUT2D eigenvalue weighted by atomic mass is 16.5. The van der Waals surface area contributed by atoms with E-state index in [-0.39, 0.29) is 30.1 Å². The Morgan fingerprint density at radius 1 is 1.15 bits per heavy atom. The van der Waals surface area contributed by atoms with Gasteiger partial charge in [0.1, 0.15) is 12.1 Å². The Morgan fingerprint density at radius 3 is 2.48 bits per heavy atom. The first-order valence-corrected chi connectivity index (χ1v) is 11.7. The first-order chi connectivity index (χ1) is 15.9. The van der Waals surface area contributed by atoms with Crippen molar-refractivity contribution in [1.82, 2.24) is 10.2 Å². The lowest BCUT2D eigenvalue weighted by Crippen LogP contribution is -2.41. The first kappa shape index (κ1) is 25.0. The van der Waals surface area contributed by atoms with E-state index in [4.69, 9.17) is 4.74 Å². The van der Waals surface area contributed by atoms with Crippen molar-refractivity contribution in [3.8, 4) is 0 Å². The molecule has 5 unspecified atom stereocenters. The maximum atomic E-state index is 12.8. The Kier molecular flexibility index (Phi) is 9.11. The molecule has 0 saturated heterocycles. The number of nitrogens with one attached hydrogen (secondary N) is 1. The molecule has 0 spiro atoms. The number of hydrogen-bond donors (Lipinski definition) is 2. The molecule has 33 heavy (non-hydrogen) atoms. The second-order valence-corrected chi connectivity index (χ2v) is 8.70. The molecule has 1 aliphatic heterocycles. The van der Waals surface area contributed by atoms with Crippen LogP contribution >= 0.6 is 0 Å². The number of methoxy groups -OCH3 is 1. The molecule has 0 fully saturated rings. The lowest BCUT2D eigenvalue weighted by molar-refractivity contribution is 0.0609. The highest BCUT2D eigenvalue weighted by Gasteiger charge is 2.33. The van der Waals surface area contributed by atoms with E-state index in [0.717, 1.165) is 30.5 Å². The summed E-state index contributed by atoms with van der Waals surface area (Å²) in [6, 6.07) is 17.3. The molecule has 2 aromatic carbocycles. The molecule has 0 bridgehead atoms.